The number of hydrogen-bond donors (Lipinski definition) is 2. The highest BCUT2D eigenvalue weighted by atomic mass is 16.5. The van der Waals surface area contributed by atoms with Crippen LogP contribution in [0.1, 0.15) is 5.56 Å². The van der Waals surface area contributed by atoms with Crippen LogP contribution >= 0.6 is 0 Å². The summed E-state index contributed by atoms with van der Waals surface area (Å²) in [6.45, 7) is 1.78. The van der Waals surface area contributed by atoms with Crippen molar-refractivity contribution in [3.63, 3.8) is 0 Å². The molecule has 0 unspecified atom stereocenters. The Morgan fingerprint density at radius 3 is 3.04 bits per heavy atom. The molecule has 0 aliphatic carbocycles. The molecule has 1 aliphatic rings. The lowest BCUT2D eigenvalue weighted by molar-refractivity contribution is 0.183. The Morgan fingerprint density at radius 2 is 2.19 bits per heavy atom. The third kappa shape index (κ3) is 3.11. The van der Waals surface area contributed by atoms with Crippen LogP contribution in [-0.2, 0) is 11.3 Å². The van der Waals surface area contributed by atoms with Crippen molar-refractivity contribution in [2.24, 2.45) is 4.99 Å². The fourth-order valence-corrected chi connectivity index (χ4v) is 2.62. The van der Waals surface area contributed by atoms with E-state index in [4.69, 9.17) is 10.5 Å². The van der Waals surface area contributed by atoms with Gasteiger partial charge in [-0.3, -0.25) is 4.68 Å². The first-order chi connectivity index (χ1) is 12.7. The number of nitrogens with zero attached hydrogens (tertiary/aromatic N) is 6. The minimum atomic E-state index is 0.340. The summed E-state index contributed by atoms with van der Waals surface area (Å²) in [6, 6.07) is 3.88. The van der Waals surface area contributed by atoms with Crippen LogP contribution in [0, 0.1) is 0 Å². The number of nitrogen functional groups attached to an aromatic ring is 1. The minimum absolute atomic E-state index is 0.340. The summed E-state index contributed by atoms with van der Waals surface area (Å²) in [4.78, 5) is 17.4. The SMILES string of the molecule is COCCn1cc(-c2cnc(N)c(NCC3=Nc4ncccc43)n2)cn1. The van der Waals surface area contributed by atoms with Gasteiger partial charge in [-0.2, -0.15) is 5.10 Å². The van der Waals surface area contributed by atoms with Gasteiger partial charge in [-0.15, -0.1) is 0 Å². The summed E-state index contributed by atoms with van der Waals surface area (Å²) >= 11 is 0. The van der Waals surface area contributed by atoms with Crippen molar-refractivity contribution < 1.29 is 4.74 Å². The Kier molecular flexibility index (Phi) is 4.28. The molecule has 0 saturated carbocycles. The van der Waals surface area contributed by atoms with Gasteiger partial charge in [0.1, 0.15) is 0 Å². The van der Waals surface area contributed by atoms with Gasteiger partial charge in [-0.05, 0) is 12.1 Å². The van der Waals surface area contributed by atoms with Gasteiger partial charge in [0.2, 0.25) is 0 Å². The second kappa shape index (κ2) is 6.89. The zero-order valence-corrected chi connectivity index (χ0v) is 14.3. The van der Waals surface area contributed by atoms with Crippen LogP contribution < -0.4 is 11.1 Å². The van der Waals surface area contributed by atoms with Crippen molar-refractivity contribution in [1.82, 2.24) is 24.7 Å². The number of fused-ring (bicyclic) bond motifs is 1. The van der Waals surface area contributed by atoms with Gasteiger partial charge < -0.3 is 15.8 Å². The average Bonchev–Trinajstić information content (AvgIpc) is 3.11. The molecule has 1 aliphatic heterocycles. The van der Waals surface area contributed by atoms with Crippen LogP contribution in [0.2, 0.25) is 0 Å². The summed E-state index contributed by atoms with van der Waals surface area (Å²) in [5, 5.41) is 7.50. The third-order valence-electron chi connectivity index (χ3n) is 4.02. The monoisotopic (exact) mass is 350 g/mol. The van der Waals surface area contributed by atoms with Crippen LogP contribution in [0.3, 0.4) is 0 Å². The first-order valence-electron chi connectivity index (χ1n) is 8.15. The zero-order chi connectivity index (χ0) is 17.9. The fourth-order valence-electron chi connectivity index (χ4n) is 2.62. The Bertz CT molecular complexity index is 965. The van der Waals surface area contributed by atoms with Crippen LogP contribution in [0.25, 0.3) is 11.3 Å². The first-order valence-corrected chi connectivity index (χ1v) is 8.15. The number of hydrogen-bond acceptors (Lipinski definition) is 8. The molecule has 3 N–H and O–H groups in total. The summed E-state index contributed by atoms with van der Waals surface area (Å²) in [7, 11) is 1.66. The molecule has 3 aromatic heterocycles. The molecule has 0 atom stereocenters. The van der Waals surface area contributed by atoms with E-state index in [0.29, 0.717) is 37.0 Å². The van der Waals surface area contributed by atoms with Crippen molar-refractivity contribution in [2.45, 2.75) is 6.54 Å². The number of methoxy groups -OCH3 is 1. The second-order valence-electron chi connectivity index (χ2n) is 5.76. The molecule has 0 fully saturated rings. The molecule has 0 aromatic carbocycles. The molecule has 4 rings (SSSR count). The number of anilines is 2. The molecule has 0 radical (unpaired) electrons. The maximum atomic E-state index is 5.95. The van der Waals surface area contributed by atoms with Crippen molar-refractivity contribution in [1.29, 1.82) is 0 Å². The number of ether oxygens (including phenoxy) is 1. The molecule has 9 nitrogen and oxygen atoms in total. The first kappa shape index (κ1) is 16.2. The Morgan fingerprint density at radius 1 is 1.27 bits per heavy atom. The molecule has 26 heavy (non-hydrogen) atoms. The van der Waals surface area contributed by atoms with E-state index in [2.05, 4.69) is 30.4 Å². The van der Waals surface area contributed by atoms with E-state index in [1.807, 2.05) is 18.3 Å². The van der Waals surface area contributed by atoms with E-state index in [0.717, 1.165) is 22.7 Å². The Labute approximate surface area is 150 Å². The zero-order valence-electron chi connectivity index (χ0n) is 14.3. The Hall–Kier alpha value is -3.33. The van der Waals surface area contributed by atoms with Gasteiger partial charge in [0.15, 0.2) is 17.5 Å². The molecule has 132 valence electrons. The third-order valence-corrected chi connectivity index (χ3v) is 4.02. The molecule has 0 spiro atoms. The molecule has 3 aromatic rings. The van der Waals surface area contributed by atoms with Crippen LogP contribution in [0.15, 0.2) is 41.9 Å². The van der Waals surface area contributed by atoms with Crippen molar-refractivity contribution in [3.05, 3.63) is 42.5 Å². The van der Waals surface area contributed by atoms with E-state index in [1.54, 1.807) is 30.4 Å². The summed E-state index contributed by atoms with van der Waals surface area (Å²) in [5.74, 6) is 1.62. The molecule has 0 amide bonds. The maximum absolute atomic E-state index is 5.95. The normalized spacial score (nSPS) is 12.3. The maximum Gasteiger partial charge on any atom is 0.169 e. The number of aliphatic imine (C=N–C) groups is 1. The Balaban J connectivity index is 1.47. The quantitative estimate of drug-likeness (QED) is 0.663. The van der Waals surface area contributed by atoms with Gasteiger partial charge in [0.05, 0.1) is 43.5 Å². The van der Waals surface area contributed by atoms with Crippen molar-refractivity contribution in [2.75, 3.05) is 31.3 Å². The van der Waals surface area contributed by atoms with E-state index >= 15 is 0 Å². The highest BCUT2D eigenvalue weighted by Gasteiger charge is 2.19. The smallest absolute Gasteiger partial charge is 0.169 e. The number of nitrogens with one attached hydrogen (secondary N) is 1. The number of nitrogens with two attached hydrogens (primary N) is 1. The molecular formula is C17H18N8O. The van der Waals surface area contributed by atoms with Crippen LogP contribution in [0.5, 0.6) is 0 Å². The van der Waals surface area contributed by atoms with E-state index < -0.39 is 0 Å². The lowest BCUT2D eigenvalue weighted by Crippen LogP contribution is -2.21. The highest BCUT2D eigenvalue weighted by Crippen LogP contribution is 2.27. The second-order valence-corrected chi connectivity index (χ2v) is 5.76. The van der Waals surface area contributed by atoms with E-state index in [9.17, 15) is 0 Å². The van der Waals surface area contributed by atoms with Gasteiger partial charge in [0, 0.05) is 30.6 Å². The molecular weight excluding hydrogens is 332 g/mol. The van der Waals surface area contributed by atoms with Crippen LogP contribution in [0.4, 0.5) is 17.5 Å². The average molecular weight is 350 g/mol. The van der Waals surface area contributed by atoms with Crippen LogP contribution in [-0.4, -0.2) is 50.7 Å². The van der Waals surface area contributed by atoms with E-state index in [1.165, 1.54) is 0 Å². The molecule has 0 bridgehead atoms. The summed E-state index contributed by atoms with van der Waals surface area (Å²) in [5.41, 5.74) is 9.48. The van der Waals surface area contributed by atoms with Gasteiger partial charge in [-0.25, -0.2) is 19.9 Å². The fraction of sp³-hybridized carbons (Fsp3) is 0.235. The van der Waals surface area contributed by atoms with E-state index in [-0.39, 0.29) is 0 Å². The summed E-state index contributed by atoms with van der Waals surface area (Å²) in [6.07, 6.45) is 7.02. The lowest BCUT2D eigenvalue weighted by atomic mass is 10.1. The topological polar surface area (TPSA) is 116 Å². The molecule has 9 heteroatoms. The van der Waals surface area contributed by atoms with Gasteiger partial charge >= 0.3 is 0 Å². The minimum Gasteiger partial charge on any atom is -0.383 e. The highest BCUT2D eigenvalue weighted by molar-refractivity contribution is 6.13. The summed E-state index contributed by atoms with van der Waals surface area (Å²) < 4.78 is 6.86. The molecule has 4 heterocycles. The predicted octanol–water partition coefficient (Wildman–Crippen LogP) is 1.51. The lowest BCUT2D eigenvalue weighted by Gasteiger charge is -2.18. The predicted molar refractivity (Wildman–Crippen MR) is 98.5 cm³/mol. The largest absolute Gasteiger partial charge is 0.383 e. The molecule has 0 saturated heterocycles. The van der Waals surface area contributed by atoms with Crippen molar-refractivity contribution in [3.8, 4) is 11.3 Å². The number of pyridine rings is 1. The number of rotatable bonds is 7. The standard InChI is InChI=1S/C17H18N8O/c1-26-6-5-25-10-11(7-22-25)13-8-20-15(18)17(23-13)21-9-14-12-3-2-4-19-16(12)24-14/h2-4,7-8,10H,5-6,9H2,1H3,(H2,18,20)(H,21,23). The number of aromatic nitrogens is 5. The van der Waals surface area contributed by atoms with Gasteiger partial charge in [0.25, 0.3) is 0 Å². The van der Waals surface area contributed by atoms with Gasteiger partial charge in [-0.1, -0.05) is 0 Å². The van der Waals surface area contributed by atoms with Crippen molar-refractivity contribution >= 4 is 23.2 Å².